The molecule has 90 valence electrons. The highest BCUT2D eigenvalue weighted by atomic mass is 19.2. The predicted octanol–water partition coefficient (Wildman–Crippen LogP) is 1.83. The van der Waals surface area contributed by atoms with Gasteiger partial charge in [0.15, 0.2) is 23.3 Å². The molecule has 0 aliphatic carbocycles. The summed E-state index contributed by atoms with van der Waals surface area (Å²) >= 11 is 0. The van der Waals surface area contributed by atoms with Gasteiger partial charge in [0, 0.05) is 12.1 Å². The summed E-state index contributed by atoms with van der Waals surface area (Å²) in [4.78, 5) is 0. The Balaban J connectivity index is 2.61. The molecule has 0 aliphatic heterocycles. The SMILES string of the molecule is CCc1c(N)nnn1-c1cc(F)c(F)c(F)c1. The van der Waals surface area contributed by atoms with Crippen LogP contribution in [0.1, 0.15) is 12.6 Å². The second-order valence-electron chi connectivity index (χ2n) is 3.41. The number of nitrogens with zero attached hydrogens (tertiary/aromatic N) is 3. The van der Waals surface area contributed by atoms with E-state index in [9.17, 15) is 13.2 Å². The zero-order chi connectivity index (χ0) is 12.6. The predicted molar refractivity (Wildman–Crippen MR) is 55.0 cm³/mol. The van der Waals surface area contributed by atoms with Crippen LogP contribution in [0.3, 0.4) is 0 Å². The van der Waals surface area contributed by atoms with E-state index in [1.165, 1.54) is 4.68 Å². The Morgan fingerprint density at radius 3 is 2.35 bits per heavy atom. The lowest BCUT2D eigenvalue weighted by atomic mass is 10.2. The Morgan fingerprint density at radius 2 is 1.82 bits per heavy atom. The highest BCUT2D eigenvalue weighted by Gasteiger charge is 2.15. The molecule has 0 unspecified atom stereocenters. The van der Waals surface area contributed by atoms with Gasteiger partial charge < -0.3 is 5.73 Å². The van der Waals surface area contributed by atoms with Crippen molar-refractivity contribution in [2.45, 2.75) is 13.3 Å². The molecule has 2 rings (SSSR count). The fraction of sp³-hybridized carbons (Fsp3) is 0.200. The molecule has 2 N–H and O–H groups in total. The van der Waals surface area contributed by atoms with E-state index >= 15 is 0 Å². The fourth-order valence-electron chi connectivity index (χ4n) is 1.52. The van der Waals surface area contributed by atoms with Crippen molar-refractivity contribution >= 4 is 5.82 Å². The van der Waals surface area contributed by atoms with Gasteiger partial charge in [-0.3, -0.25) is 0 Å². The van der Waals surface area contributed by atoms with Crippen LogP contribution in [0.4, 0.5) is 19.0 Å². The number of anilines is 1. The van der Waals surface area contributed by atoms with Gasteiger partial charge in [0.05, 0.1) is 11.4 Å². The standard InChI is InChI=1S/C10H9F3N4/c1-2-8-10(14)15-16-17(8)5-3-6(11)9(13)7(12)4-5/h3-4H,2,14H2,1H3. The lowest BCUT2D eigenvalue weighted by molar-refractivity contribution is 0.445. The molecule has 0 saturated heterocycles. The van der Waals surface area contributed by atoms with Crippen LogP contribution in [0.15, 0.2) is 12.1 Å². The van der Waals surface area contributed by atoms with Crippen LogP contribution in [-0.2, 0) is 6.42 Å². The largest absolute Gasteiger partial charge is 0.381 e. The summed E-state index contributed by atoms with van der Waals surface area (Å²) in [6.45, 7) is 1.79. The van der Waals surface area contributed by atoms with Crippen molar-refractivity contribution in [1.29, 1.82) is 0 Å². The van der Waals surface area contributed by atoms with Gasteiger partial charge in [0.2, 0.25) is 0 Å². The Morgan fingerprint density at radius 1 is 1.24 bits per heavy atom. The number of nitrogen functional groups attached to an aromatic ring is 1. The van der Waals surface area contributed by atoms with Crippen LogP contribution >= 0.6 is 0 Å². The Bertz CT molecular complexity index is 542. The topological polar surface area (TPSA) is 56.7 Å². The third-order valence-electron chi connectivity index (χ3n) is 2.34. The van der Waals surface area contributed by atoms with E-state index in [2.05, 4.69) is 10.3 Å². The number of rotatable bonds is 2. The average Bonchev–Trinajstić information content (AvgIpc) is 2.66. The van der Waals surface area contributed by atoms with E-state index in [1.807, 2.05) is 0 Å². The zero-order valence-corrected chi connectivity index (χ0v) is 8.91. The van der Waals surface area contributed by atoms with Gasteiger partial charge >= 0.3 is 0 Å². The second-order valence-corrected chi connectivity index (χ2v) is 3.41. The summed E-state index contributed by atoms with van der Waals surface area (Å²) in [5.74, 6) is -3.90. The van der Waals surface area contributed by atoms with Crippen molar-refractivity contribution in [2.24, 2.45) is 0 Å². The highest BCUT2D eigenvalue weighted by Crippen LogP contribution is 2.19. The van der Waals surface area contributed by atoms with Crippen molar-refractivity contribution in [2.75, 3.05) is 5.73 Å². The fourth-order valence-corrected chi connectivity index (χ4v) is 1.52. The van der Waals surface area contributed by atoms with Crippen molar-refractivity contribution in [3.05, 3.63) is 35.3 Å². The lowest BCUT2D eigenvalue weighted by Crippen LogP contribution is -2.05. The Kier molecular flexibility index (Phi) is 2.74. The van der Waals surface area contributed by atoms with E-state index in [1.54, 1.807) is 6.92 Å². The van der Waals surface area contributed by atoms with Crippen LogP contribution < -0.4 is 5.73 Å². The van der Waals surface area contributed by atoms with Gasteiger partial charge in [-0.05, 0) is 6.42 Å². The van der Waals surface area contributed by atoms with E-state index < -0.39 is 17.5 Å². The van der Waals surface area contributed by atoms with E-state index in [0.29, 0.717) is 12.1 Å². The molecule has 1 heterocycles. The summed E-state index contributed by atoms with van der Waals surface area (Å²) < 4.78 is 40.1. The molecule has 0 bridgehead atoms. The van der Waals surface area contributed by atoms with Crippen molar-refractivity contribution < 1.29 is 13.2 Å². The molecule has 0 saturated carbocycles. The molecule has 0 spiro atoms. The van der Waals surface area contributed by atoms with E-state index in [-0.39, 0.29) is 11.5 Å². The molecule has 1 aromatic heterocycles. The molecule has 2 aromatic rings. The summed E-state index contributed by atoms with van der Waals surface area (Å²) in [7, 11) is 0. The average molecular weight is 242 g/mol. The first-order valence-electron chi connectivity index (χ1n) is 4.89. The first-order chi connectivity index (χ1) is 8.04. The van der Waals surface area contributed by atoms with E-state index in [0.717, 1.165) is 12.1 Å². The van der Waals surface area contributed by atoms with Crippen LogP contribution in [0.2, 0.25) is 0 Å². The number of aromatic nitrogens is 3. The van der Waals surface area contributed by atoms with Crippen LogP contribution in [0.25, 0.3) is 5.69 Å². The summed E-state index contributed by atoms with van der Waals surface area (Å²) in [6, 6.07) is 1.68. The van der Waals surface area contributed by atoms with Crippen LogP contribution in [-0.4, -0.2) is 15.0 Å². The highest BCUT2D eigenvalue weighted by molar-refractivity contribution is 5.41. The van der Waals surface area contributed by atoms with Gasteiger partial charge in [0.25, 0.3) is 0 Å². The minimum Gasteiger partial charge on any atom is -0.381 e. The number of nitrogens with two attached hydrogens (primary N) is 1. The number of benzene rings is 1. The molecular weight excluding hydrogens is 233 g/mol. The van der Waals surface area contributed by atoms with Gasteiger partial charge in [-0.15, -0.1) is 5.10 Å². The van der Waals surface area contributed by atoms with Gasteiger partial charge in [0.1, 0.15) is 0 Å². The number of hydrogen-bond acceptors (Lipinski definition) is 3. The smallest absolute Gasteiger partial charge is 0.194 e. The maximum Gasteiger partial charge on any atom is 0.194 e. The molecule has 4 nitrogen and oxygen atoms in total. The van der Waals surface area contributed by atoms with Crippen LogP contribution in [0.5, 0.6) is 0 Å². The molecule has 1 aromatic carbocycles. The Labute approximate surface area is 94.9 Å². The van der Waals surface area contributed by atoms with Crippen molar-refractivity contribution in [1.82, 2.24) is 15.0 Å². The normalized spacial score (nSPS) is 10.8. The van der Waals surface area contributed by atoms with Gasteiger partial charge in [-0.1, -0.05) is 12.1 Å². The molecule has 0 atom stereocenters. The van der Waals surface area contributed by atoms with Crippen LogP contribution in [0, 0.1) is 17.5 Å². The molecule has 0 radical (unpaired) electrons. The van der Waals surface area contributed by atoms with Gasteiger partial charge in [-0.25, -0.2) is 17.9 Å². The maximum absolute atomic E-state index is 13.1. The third-order valence-corrected chi connectivity index (χ3v) is 2.34. The van der Waals surface area contributed by atoms with Gasteiger partial charge in [-0.2, -0.15) is 0 Å². The van der Waals surface area contributed by atoms with Crippen molar-refractivity contribution in [3.8, 4) is 5.69 Å². The minimum atomic E-state index is -1.51. The molecular formula is C10H9F3N4. The molecule has 7 heteroatoms. The summed E-state index contributed by atoms with van der Waals surface area (Å²) in [6.07, 6.45) is 0.486. The Hall–Kier alpha value is -2.05. The summed E-state index contributed by atoms with van der Waals surface area (Å²) in [5.41, 5.74) is 6.09. The first kappa shape index (κ1) is 11.4. The molecule has 0 fully saturated rings. The lowest BCUT2D eigenvalue weighted by Gasteiger charge is -2.06. The van der Waals surface area contributed by atoms with E-state index in [4.69, 9.17) is 5.73 Å². The molecule has 0 amide bonds. The summed E-state index contributed by atoms with van der Waals surface area (Å²) in [5, 5.41) is 7.25. The maximum atomic E-state index is 13.1. The minimum absolute atomic E-state index is 0.0439. The van der Waals surface area contributed by atoms with Crippen molar-refractivity contribution in [3.63, 3.8) is 0 Å². The number of halogens is 3. The third kappa shape index (κ3) is 1.83. The molecule has 0 aliphatic rings. The monoisotopic (exact) mass is 242 g/mol. The molecule has 17 heavy (non-hydrogen) atoms. The zero-order valence-electron chi connectivity index (χ0n) is 8.91. The quantitative estimate of drug-likeness (QED) is 0.817. The first-order valence-corrected chi connectivity index (χ1v) is 4.89. The second kappa shape index (κ2) is 4.08. The number of hydrogen-bond donors (Lipinski definition) is 1.